The molecule has 168 valence electrons. The van der Waals surface area contributed by atoms with Gasteiger partial charge in [-0.2, -0.15) is 0 Å². The van der Waals surface area contributed by atoms with Crippen molar-refractivity contribution < 1.29 is 13.2 Å². The third-order valence-corrected chi connectivity index (χ3v) is 7.58. The van der Waals surface area contributed by atoms with Crippen LogP contribution in [-0.2, 0) is 10.0 Å². The van der Waals surface area contributed by atoms with Crippen molar-refractivity contribution in [2.75, 3.05) is 4.72 Å². The smallest absolute Gasteiger partial charge is 0.261 e. The Hall–Kier alpha value is -2.86. The highest BCUT2D eigenvalue weighted by Gasteiger charge is 2.19. The van der Waals surface area contributed by atoms with Crippen molar-refractivity contribution in [2.45, 2.75) is 56.4 Å². The van der Waals surface area contributed by atoms with E-state index in [1.54, 1.807) is 42.5 Å². The van der Waals surface area contributed by atoms with Crippen molar-refractivity contribution in [1.82, 2.24) is 5.32 Å². The van der Waals surface area contributed by atoms with Gasteiger partial charge in [0.15, 0.2) is 0 Å². The molecule has 1 aliphatic rings. The van der Waals surface area contributed by atoms with E-state index in [0.29, 0.717) is 17.2 Å². The van der Waals surface area contributed by atoms with E-state index in [-0.39, 0.29) is 16.8 Å². The fourth-order valence-corrected chi connectivity index (χ4v) is 5.65. The number of hydrogen-bond donors (Lipinski definition) is 2. The van der Waals surface area contributed by atoms with Crippen LogP contribution in [0.2, 0.25) is 0 Å². The van der Waals surface area contributed by atoms with Gasteiger partial charge in [-0.25, -0.2) is 8.42 Å². The molecule has 1 fully saturated rings. The molecule has 0 radical (unpaired) electrons. The van der Waals surface area contributed by atoms with Crippen molar-refractivity contribution in [1.29, 1.82) is 0 Å². The fraction of sp³-hybridized carbons (Fsp3) is 0.346. The van der Waals surface area contributed by atoms with Crippen molar-refractivity contribution >= 4 is 32.4 Å². The van der Waals surface area contributed by atoms with E-state index in [1.165, 1.54) is 32.1 Å². The molecule has 0 aromatic heterocycles. The third kappa shape index (κ3) is 5.49. The highest BCUT2D eigenvalue weighted by molar-refractivity contribution is 7.92. The SMILES string of the molecule is C[C@H](CC1CCCCC1)NC(=O)c1cccc(NS(=O)(=O)c2ccc3ccccc3c2)c1. The lowest BCUT2D eigenvalue weighted by molar-refractivity contribution is 0.0933. The molecule has 4 rings (SSSR count). The lowest BCUT2D eigenvalue weighted by atomic mass is 9.85. The quantitative estimate of drug-likeness (QED) is 0.483. The second-order valence-corrected chi connectivity index (χ2v) is 10.5. The number of sulfonamides is 1. The Morgan fingerprint density at radius 1 is 0.938 bits per heavy atom. The molecule has 1 aliphatic carbocycles. The standard InChI is InChI=1S/C26H30N2O3S/c1-19(16-20-8-3-2-4-9-20)27-26(29)23-12-7-13-24(17-23)28-32(30,31)25-15-14-21-10-5-6-11-22(21)18-25/h5-7,10-15,17-20,28H,2-4,8-9,16H2,1H3,(H,27,29)/t19-/m1/s1. The first kappa shape index (κ1) is 22.3. The van der Waals surface area contributed by atoms with Crippen LogP contribution >= 0.6 is 0 Å². The molecule has 0 spiro atoms. The Bertz CT molecular complexity index is 1200. The summed E-state index contributed by atoms with van der Waals surface area (Å²) in [7, 11) is -3.77. The number of rotatable bonds is 7. The van der Waals surface area contributed by atoms with Crippen molar-refractivity contribution in [3.63, 3.8) is 0 Å². The molecule has 6 heteroatoms. The van der Waals surface area contributed by atoms with Gasteiger partial charge in [-0.05, 0) is 60.4 Å². The molecule has 5 nitrogen and oxygen atoms in total. The summed E-state index contributed by atoms with van der Waals surface area (Å²) in [6.45, 7) is 2.04. The molecular weight excluding hydrogens is 420 g/mol. The minimum Gasteiger partial charge on any atom is -0.350 e. The number of carbonyl (C=O) groups excluding carboxylic acids is 1. The lowest BCUT2D eigenvalue weighted by Gasteiger charge is -2.25. The maximum absolute atomic E-state index is 12.9. The molecule has 1 saturated carbocycles. The van der Waals surface area contributed by atoms with Gasteiger partial charge in [0.1, 0.15) is 0 Å². The summed E-state index contributed by atoms with van der Waals surface area (Å²) in [4.78, 5) is 12.9. The second kappa shape index (κ2) is 9.74. The Morgan fingerprint density at radius 2 is 1.69 bits per heavy atom. The van der Waals surface area contributed by atoms with E-state index >= 15 is 0 Å². The summed E-state index contributed by atoms with van der Waals surface area (Å²) < 4.78 is 28.4. The van der Waals surface area contributed by atoms with Gasteiger partial charge in [-0.15, -0.1) is 0 Å². The predicted molar refractivity (Wildman–Crippen MR) is 129 cm³/mol. The molecule has 3 aromatic carbocycles. The molecule has 0 heterocycles. The Morgan fingerprint density at radius 3 is 2.47 bits per heavy atom. The third-order valence-electron chi connectivity index (χ3n) is 6.20. The minimum absolute atomic E-state index is 0.0866. The number of benzene rings is 3. The first-order valence-corrected chi connectivity index (χ1v) is 12.8. The molecule has 0 aliphatic heterocycles. The van der Waals surface area contributed by atoms with Crippen LogP contribution in [0.4, 0.5) is 5.69 Å². The van der Waals surface area contributed by atoms with Gasteiger partial charge in [0.05, 0.1) is 4.90 Å². The van der Waals surface area contributed by atoms with Crippen molar-refractivity contribution in [2.24, 2.45) is 5.92 Å². The maximum Gasteiger partial charge on any atom is 0.261 e. The number of carbonyl (C=O) groups is 1. The van der Waals surface area contributed by atoms with E-state index < -0.39 is 10.0 Å². The normalized spacial score (nSPS) is 15.9. The second-order valence-electron chi connectivity index (χ2n) is 8.81. The number of hydrogen-bond acceptors (Lipinski definition) is 3. The zero-order valence-corrected chi connectivity index (χ0v) is 19.2. The van der Waals surface area contributed by atoms with E-state index in [9.17, 15) is 13.2 Å². The van der Waals surface area contributed by atoms with E-state index in [1.807, 2.05) is 31.2 Å². The van der Waals surface area contributed by atoms with Gasteiger partial charge in [-0.1, -0.05) is 68.5 Å². The number of fused-ring (bicyclic) bond motifs is 1. The summed E-state index contributed by atoms with van der Waals surface area (Å²) in [6, 6.07) is 19.4. The van der Waals surface area contributed by atoms with Gasteiger partial charge in [0.2, 0.25) is 0 Å². The van der Waals surface area contributed by atoms with Crippen molar-refractivity contribution in [3.05, 3.63) is 72.3 Å². The van der Waals surface area contributed by atoms with Crippen LogP contribution in [0.3, 0.4) is 0 Å². The van der Waals surface area contributed by atoms with Crippen LogP contribution < -0.4 is 10.0 Å². The van der Waals surface area contributed by atoms with Gasteiger partial charge >= 0.3 is 0 Å². The molecule has 1 atom stereocenters. The summed E-state index contributed by atoms with van der Waals surface area (Å²) in [5.74, 6) is 0.499. The Kier molecular flexibility index (Phi) is 6.80. The highest BCUT2D eigenvalue weighted by atomic mass is 32.2. The lowest BCUT2D eigenvalue weighted by Crippen LogP contribution is -2.34. The van der Waals surface area contributed by atoms with Crippen LogP contribution in [-0.4, -0.2) is 20.4 Å². The predicted octanol–water partition coefficient (Wildman–Crippen LogP) is 5.73. The minimum atomic E-state index is -3.77. The molecule has 3 aromatic rings. The molecule has 0 saturated heterocycles. The van der Waals surface area contributed by atoms with Crippen LogP contribution in [0.1, 0.15) is 55.8 Å². The van der Waals surface area contributed by atoms with E-state index in [2.05, 4.69) is 10.0 Å². The average Bonchev–Trinajstić information content (AvgIpc) is 2.79. The fourth-order valence-electron chi connectivity index (χ4n) is 4.56. The van der Waals surface area contributed by atoms with E-state index in [0.717, 1.165) is 17.2 Å². The number of nitrogens with one attached hydrogen (secondary N) is 2. The topological polar surface area (TPSA) is 75.3 Å². The highest BCUT2D eigenvalue weighted by Crippen LogP contribution is 2.27. The van der Waals surface area contributed by atoms with Crippen LogP contribution in [0.15, 0.2) is 71.6 Å². The average molecular weight is 451 g/mol. The van der Waals surface area contributed by atoms with Crippen LogP contribution in [0.25, 0.3) is 10.8 Å². The number of anilines is 1. The molecule has 32 heavy (non-hydrogen) atoms. The monoisotopic (exact) mass is 450 g/mol. The van der Waals surface area contributed by atoms with Crippen LogP contribution in [0, 0.1) is 5.92 Å². The molecule has 0 bridgehead atoms. The van der Waals surface area contributed by atoms with E-state index in [4.69, 9.17) is 0 Å². The molecular formula is C26H30N2O3S. The summed E-state index contributed by atoms with van der Waals surface area (Å²) in [6.07, 6.45) is 7.35. The summed E-state index contributed by atoms with van der Waals surface area (Å²) in [5.41, 5.74) is 0.810. The Labute approximate surface area is 190 Å². The van der Waals surface area contributed by atoms with Crippen LogP contribution in [0.5, 0.6) is 0 Å². The van der Waals surface area contributed by atoms with Gasteiger partial charge < -0.3 is 5.32 Å². The van der Waals surface area contributed by atoms with Gasteiger partial charge in [0, 0.05) is 17.3 Å². The van der Waals surface area contributed by atoms with Gasteiger partial charge in [0.25, 0.3) is 15.9 Å². The zero-order chi connectivity index (χ0) is 22.6. The first-order chi connectivity index (χ1) is 15.4. The number of amides is 1. The molecule has 0 unspecified atom stereocenters. The first-order valence-electron chi connectivity index (χ1n) is 11.3. The maximum atomic E-state index is 12.9. The molecule has 1 amide bonds. The zero-order valence-electron chi connectivity index (χ0n) is 18.4. The Balaban J connectivity index is 1.44. The summed E-state index contributed by atoms with van der Waals surface area (Å²) >= 11 is 0. The molecule has 2 N–H and O–H groups in total. The largest absolute Gasteiger partial charge is 0.350 e. The van der Waals surface area contributed by atoms with Gasteiger partial charge in [-0.3, -0.25) is 9.52 Å². The van der Waals surface area contributed by atoms with Crippen molar-refractivity contribution in [3.8, 4) is 0 Å². The summed E-state index contributed by atoms with van der Waals surface area (Å²) in [5, 5.41) is 4.91.